The average Bonchev–Trinajstić information content (AvgIpc) is 3.54. The van der Waals surface area contributed by atoms with Crippen LogP contribution >= 0.6 is 11.3 Å². The second kappa shape index (κ2) is 12.0. The fourth-order valence-electron chi connectivity index (χ4n) is 6.90. The third-order valence-corrected chi connectivity index (χ3v) is 10.4. The van der Waals surface area contributed by atoms with Crippen LogP contribution in [0.15, 0.2) is 188 Å². The molecule has 0 aliphatic carbocycles. The third-order valence-electron chi connectivity index (χ3n) is 9.25. The monoisotopic (exact) mass is 629 g/mol. The van der Waals surface area contributed by atoms with Crippen molar-refractivity contribution in [2.75, 3.05) is 4.90 Å². The second-order valence-electron chi connectivity index (χ2n) is 12.2. The molecule has 1 nitrogen and oxygen atoms in total. The van der Waals surface area contributed by atoms with Crippen molar-refractivity contribution in [3.8, 4) is 33.4 Å². The summed E-state index contributed by atoms with van der Waals surface area (Å²) in [6.45, 7) is 0. The molecule has 0 spiro atoms. The lowest BCUT2D eigenvalue weighted by Crippen LogP contribution is -2.10. The van der Waals surface area contributed by atoms with E-state index in [1.54, 1.807) is 0 Å². The van der Waals surface area contributed by atoms with E-state index in [0.29, 0.717) is 0 Å². The molecule has 2 heteroatoms. The van der Waals surface area contributed by atoms with E-state index in [-0.39, 0.29) is 0 Å². The molecule has 0 unspecified atom stereocenters. The number of anilines is 3. The summed E-state index contributed by atoms with van der Waals surface area (Å²) < 4.78 is 2.65. The molecule has 226 valence electrons. The molecule has 0 N–H and O–H groups in total. The molecule has 8 aromatic carbocycles. The van der Waals surface area contributed by atoms with Crippen LogP contribution in [0, 0.1) is 0 Å². The van der Waals surface area contributed by atoms with Gasteiger partial charge in [0.1, 0.15) is 0 Å². The van der Waals surface area contributed by atoms with Crippen LogP contribution in [0.2, 0.25) is 0 Å². The summed E-state index contributed by atoms with van der Waals surface area (Å²) in [4.78, 5) is 2.38. The van der Waals surface area contributed by atoms with Gasteiger partial charge in [0.05, 0.1) is 0 Å². The maximum absolute atomic E-state index is 2.38. The molecule has 0 aliphatic heterocycles. The van der Waals surface area contributed by atoms with E-state index in [9.17, 15) is 0 Å². The van der Waals surface area contributed by atoms with Crippen LogP contribution in [0.25, 0.3) is 64.3 Å². The number of hydrogen-bond acceptors (Lipinski definition) is 2. The Bertz CT molecular complexity index is 2560. The van der Waals surface area contributed by atoms with Crippen molar-refractivity contribution < 1.29 is 0 Å². The fourth-order valence-corrected chi connectivity index (χ4v) is 7.99. The summed E-state index contributed by atoms with van der Waals surface area (Å²) in [5.74, 6) is 0. The summed E-state index contributed by atoms with van der Waals surface area (Å²) in [6.07, 6.45) is 0. The Labute approximate surface area is 284 Å². The van der Waals surface area contributed by atoms with E-state index in [2.05, 4.69) is 193 Å². The first-order valence-corrected chi connectivity index (χ1v) is 17.2. The van der Waals surface area contributed by atoms with Crippen molar-refractivity contribution in [1.29, 1.82) is 0 Å². The lowest BCUT2D eigenvalue weighted by Gasteiger charge is -2.27. The SMILES string of the molecule is c1ccc(-c2ccc(N(c3cccc(-c4ccc5sc6ccccc6c5c4)c3)c3cccc(-c4cccc5ccccc45)c3)cc2)cc1. The van der Waals surface area contributed by atoms with Crippen molar-refractivity contribution >= 4 is 59.3 Å². The first kappa shape index (κ1) is 28.3. The van der Waals surface area contributed by atoms with Crippen LogP contribution in [0.1, 0.15) is 0 Å². The Morgan fingerprint density at radius 2 is 0.875 bits per heavy atom. The minimum Gasteiger partial charge on any atom is -0.310 e. The van der Waals surface area contributed by atoms with Gasteiger partial charge in [-0.2, -0.15) is 0 Å². The van der Waals surface area contributed by atoms with Gasteiger partial charge in [0, 0.05) is 37.2 Å². The summed E-state index contributed by atoms with van der Waals surface area (Å²) in [5, 5.41) is 5.14. The number of nitrogens with zero attached hydrogens (tertiary/aromatic N) is 1. The Balaban J connectivity index is 1.18. The van der Waals surface area contributed by atoms with Crippen LogP contribution in [0.5, 0.6) is 0 Å². The maximum Gasteiger partial charge on any atom is 0.0467 e. The molecular weight excluding hydrogens is 599 g/mol. The number of rotatable bonds is 6. The summed E-state index contributed by atoms with van der Waals surface area (Å²) in [6, 6.07) is 68.2. The van der Waals surface area contributed by atoms with Gasteiger partial charge in [-0.05, 0) is 98.8 Å². The predicted octanol–water partition coefficient (Wildman–Crippen LogP) is 13.7. The Hall–Kier alpha value is -5.96. The summed E-state index contributed by atoms with van der Waals surface area (Å²) in [7, 11) is 0. The van der Waals surface area contributed by atoms with Crippen LogP contribution in [-0.2, 0) is 0 Å². The predicted molar refractivity (Wildman–Crippen MR) is 208 cm³/mol. The highest BCUT2D eigenvalue weighted by atomic mass is 32.1. The standard InChI is InChI=1S/C46H31NS/c1-2-11-32(12-3-1)33-23-26-38(27-24-33)47(40-18-9-16-37(30-40)42-21-10-14-34-13-4-5-19-41(34)42)39-17-8-15-35(29-39)36-25-28-46-44(31-36)43-20-6-7-22-45(43)48-46/h1-31H. The molecule has 0 aliphatic rings. The van der Waals surface area contributed by atoms with Crippen LogP contribution in [0.3, 0.4) is 0 Å². The highest BCUT2D eigenvalue weighted by Crippen LogP contribution is 2.41. The van der Waals surface area contributed by atoms with Gasteiger partial charge < -0.3 is 4.90 Å². The van der Waals surface area contributed by atoms with Crippen LogP contribution in [0.4, 0.5) is 17.1 Å². The largest absolute Gasteiger partial charge is 0.310 e. The molecule has 0 atom stereocenters. The normalized spacial score (nSPS) is 11.3. The molecule has 9 rings (SSSR count). The number of fused-ring (bicyclic) bond motifs is 4. The topological polar surface area (TPSA) is 3.24 Å². The van der Waals surface area contributed by atoms with E-state index in [0.717, 1.165) is 17.1 Å². The van der Waals surface area contributed by atoms with Gasteiger partial charge in [-0.1, -0.05) is 133 Å². The van der Waals surface area contributed by atoms with E-state index in [1.807, 2.05) is 11.3 Å². The molecule has 0 fully saturated rings. The van der Waals surface area contributed by atoms with E-state index >= 15 is 0 Å². The highest BCUT2D eigenvalue weighted by molar-refractivity contribution is 7.25. The van der Waals surface area contributed by atoms with Gasteiger partial charge in [0.2, 0.25) is 0 Å². The molecule has 9 aromatic rings. The lowest BCUT2D eigenvalue weighted by molar-refractivity contribution is 1.28. The van der Waals surface area contributed by atoms with Crippen LogP contribution in [-0.4, -0.2) is 0 Å². The number of benzene rings is 8. The van der Waals surface area contributed by atoms with Gasteiger partial charge in [-0.25, -0.2) is 0 Å². The molecule has 0 amide bonds. The third kappa shape index (κ3) is 5.13. The quantitative estimate of drug-likeness (QED) is 0.177. The van der Waals surface area contributed by atoms with E-state index < -0.39 is 0 Å². The molecular formula is C46H31NS. The molecule has 0 saturated heterocycles. The molecule has 1 aromatic heterocycles. The van der Waals surface area contributed by atoms with Crippen molar-refractivity contribution in [3.05, 3.63) is 188 Å². The average molecular weight is 630 g/mol. The number of hydrogen-bond donors (Lipinski definition) is 0. The maximum atomic E-state index is 2.38. The van der Waals surface area contributed by atoms with Crippen molar-refractivity contribution in [2.24, 2.45) is 0 Å². The van der Waals surface area contributed by atoms with E-state index in [4.69, 9.17) is 0 Å². The van der Waals surface area contributed by atoms with Gasteiger partial charge >= 0.3 is 0 Å². The molecule has 0 saturated carbocycles. The summed E-state index contributed by atoms with van der Waals surface area (Å²) in [5.41, 5.74) is 10.6. The smallest absolute Gasteiger partial charge is 0.0467 e. The Morgan fingerprint density at radius 3 is 1.71 bits per heavy atom. The lowest BCUT2D eigenvalue weighted by atomic mass is 9.97. The second-order valence-corrected chi connectivity index (χ2v) is 13.3. The molecule has 0 radical (unpaired) electrons. The Morgan fingerprint density at radius 1 is 0.312 bits per heavy atom. The molecule has 1 heterocycles. The van der Waals surface area contributed by atoms with Crippen molar-refractivity contribution in [2.45, 2.75) is 0 Å². The van der Waals surface area contributed by atoms with Gasteiger partial charge in [0.15, 0.2) is 0 Å². The van der Waals surface area contributed by atoms with E-state index in [1.165, 1.54) is 64.3 Å². The highest BCUT2D eigenvalue weighted by Gasteiger charge is 2.16. The summed E-state index contributed by atoms with van der Waals surface area (Å²) >= 11 is 1.86. The molecule has 48 heavy (non-hydrogen) atoms. The number of thiophene rings is 1. The minimum atomic E-state index is 1.11. The van der Waals surface area contributed by atoms with Gasteiger partial charge in [-0.15, -0.1) is 11.3 Å². The fraction of sp³-hybridized carbons (Fsp3) is 0. The first-order chi connectivity index (χ1) is 23.8. The van der Waals surface area contributed by atoms with Gasteiger partial charge in [-0.3, -0.25) is 0 Å². The minimum absolute atomic E-state index is 1.11. The molecule has 0 bridgehead atoms. The zero-order valence-electron chi connectivity index (χ0n) is 26.3. The van der Waals surface area contributed by atoms with Gasteiger partial charge in [0.25, 0.3) is 0 Å². The Kier molecular flexibility index (Phi) is 7.07. The zero-order chi connectivity index (χ0) is 31.9. The van der Waals surface area contributed by atoms with Crippen LogP contribution < -0.4 is 4.90 Å². The van der Waals surface area contributed by atoms with Crippen molar-refractivity contribution in [1.82, 2.24) is 0 Å². The first-order valence-electron chi connectivity index (χ1n) is 16.3. The van der Waals surface area contributed by atoms with Crippen molar-refractivity contribution in [3.63, 3.8) is 0 Å². The zero-order valence-corrected chi connectivity index (χ0v) is 27.1.